The lowest BCUT2D eigenvalue weighted by atomic mass is 9.98. The molecule has 20 heavy (non-hydrogen) atoms. The number of hydrogen-bond acceptors (Lipinski definition) is 5. The molecule has 3 rings (SSSR count). The molecule has 1 N–H and O–H groups in total. The number of carboxylic acids is 1. The molecule has 1 aromatic heterocycles. The van der Waals surface area contributed by atoms with Crippen LogP contribution in [0.25, 0.3) is 11.3 Å². The molecule has 1 aliphatic heterocycles. The van der Waals surface area contributed by atoms with E-state index in [-0.39, 0.29) is 5.69 Å². The van der Waals surface area contributed by atoms with E-state index in [1.807, 2.05) is 13.0 Å². The molecule has 0 aliphatic carbocycles. The van der Waals surface area contributed by atoms with Gasteiger partial charge in [-0.25, -0.2) is 4.79 Å². The SMILES string of the molecule is COc1c(C)cc2c(c1-c1cc(C(=O)O)no1)CCO2. The molecular formula is C14H13NO5. The van der Waals surface area contributed by atoms with Gasteiger partial charge in [-0.1, -0.05) is 5.16 Å². The van der Waals surface area contributed by atoms with E-state index in [4.69, 9.17) is 19.1 Å². The number of fused-ring (bicyclic) bond motifs is 1. The fourth-order valence-electron chi connectivity index (χ4n) is 2.46. The summed E-state index contributed by atoms with van der Waals surface area (Å²) in [7, 11) is 1.57. The fraction of sp³-hybridized carbons (Fsp3) is 0.286. The Bertz CT molecular complexity index is 685. The van der Waals surface area contributed by atoms with Crippen LogP contribution >= 0.6 is 0 Å². The number of carbonyl (C=O) groups is 1. The Kier molecular flexibility index (Phi) is 2.85. The van der Waals surface area contributed by atoms with Crippen molar-refractivity contribution in [2.24, 2.45) is 0 Å². The van der Waals surface area contributed by atoms with Crippen LogP contribution in [-0.2, 0) is 6.42 Å². The number of benzene rings is 1. The maximum Gasteiger partial charge on any atom is 0.358 e. The van der Waals surface area contributed by atoms with Crippen LogP contribution in [-0.4, -0.2) is 29.9 Å². The summed E-state index contributed by atoms with van der Waals surface area (Å²) in [4.78, 5) is 10.9. The lowest BCUT2D eigenvalue weighted by Gasteiger charge is -2.13. The first-order chi connectivity index (χ1) is 9.61. The molecule has 1 aromatic carbocycles. The molecule has 0 atom stereocenters. The van der Waals surface area contributed by atoms with Gasteiger partial charge in [-0.15, -0.1) is 0 Å². The Balaban J connectivity index is 2.23. The van der Waals surface area contributed by atoms with Crippen LogP contribution in [0, 0.1) is 6.92 Å². The van der Waals surface area contributed by atoms with Crippen molar-refractivity contribution in [1.82, 2.24) is 5.16 Å². The molecule has 0 unspecified atom stereocenters. The summed E-state index contributed by atoms with van der Waals surface area (Å²) >= 11 is 0. The normalized spacial score (nSPS) is 12.9. The maximum absolute atomic E-state index is 10.9. The van der Waals surface area contributed by atoms with E-state index >= 15 is 0 Å². The highest BCUT2D eigenvalue weighted by Gasteiger charge is 2.26. The van der Waals surface area contributed by atoms with Gasteiger partial charge >= 0.3 is 5.97 Å². The summed E-state index contributed by atoms with van der Waals surface area (Å²) in [5, 5.41) is 12.5. The predicted octanol–water partition coefficient (Wildman–Crippen LogP) is 2.29. The van der Waals surface area contributed by atoms with Gasteiger partial charge in [0.1, 0.15) is 11.5 Å². The van der Waals surface area contributed by atoms with Crippen molar-refractivity contribution in [2.75, 3.05) is 13.7 Å². The molecule has 0 radical (unpaired) electrons. The van der Waals surface area contributed by atoms with Gasteiger partial charge in [-0.05, 0) is 18.6 Å². The van der Waals surface area contributed by atoms with E-state index in [9.17, 15) is 4.79 Å². The minimum atomic E-state index is -1.13. The number of aromatic carboxylic acids is 1. The van der Waals surface area contributed by atoms with E-state index in [0.717, 1.165) is 28.9 Å². The molecule has 6 heteroatoms. The Labute approximate surface area is 114 Å². The van der Waals surface area contributed by atoms with Crippen molar-refractivity contribution >= 4 is 5.97 Å². The summed E-state index contributed by atoms with van der Waals surface area (Å²) < 4.78 is 16.2. The summed E-state index contributed by atoms with van der Waals surface area (Å²) in [6.45, 7) is 2.49. The van der Waals surface area contributed by atoms with E-state index in [1.54, 1.807) is 7.11 Å². The number of carboxylic acid groups (broad SMARTS) is 1. The largest absolute Gasteiger partial charge is 0.496 e. The molecule has 2 heterocycles. The zero-order valence-electron chi connectivity index (χ0n) is 11.1. The topological polar surface area (TPSA) is 81.8 Å². The van der Waals surface area contributed by atoms with Gasteiger partial charge in [0.2, 0.25) is 0 Å². The average molecular weight is 275 g/mol. The Morgan fingerprint density at radius 2 is 2.25 bits per heavy atom. The Hall–Kier alpha value is -2.50. The van der Waals surface area contributed by atoms with Crippen LogP contribution in [0.4, 0.5) is 0 Å². The first kappa shape index (κ1) is 12.5. The van der Waals surface area contributed by atoms with E-state index in [1.165, 1.54) is 6.07 Å². The molecule has 1 aliphatic rings. The number of aromatic nitrogens is 1. The first-order valence-electron chi connectivity index (χ1n) is 6.15. The third-order valence-corrected chi connectivity index (χ3v) is 3.32. The van der Waals surface area contributed by atoms with Crippen molar-refractivity contribution in [3.05, 3.63) is 29.0 Å². The van der Waals surface area contributed by atoms with Crippen LogP contribution < -0.4 is 9.47 Å². The van der Waals surface area contributed by atoms with Crippen molar-refractivity contribution in [3.63, 3.8) is 0 Å². The number of rotatable bonds is 3. The van der Waals surface area contributed by atoms with Gasteiger partial charge in [-0.2, -0.15) is 0 Å². The average Bonchev–Trinajstić information content (AvgIpc) is 3.05. The van der Waals surface area contributed by atoms with Gasteiger partial charge in [0, 0.05) is 18.1 Å². The number of aryl methyl sites for hydroxylation is 1. The highest BCUT2D eigenvalue weighted by atomic mass is 16.5. The fourth-order valence-corrected chi connectivity index (χ4v) is 2.46. The van der Waals surface area contributed by atoms with Crippen LogP contribution in [0.5, 0.6) is 11.5 Å². The molecule has 0 bridgehead atoms. The molecule has 2 aromatic rings. The van der Waals surface area contributed by atoms with E-state index in [2.05, 4.69) is 5.16 Å². The van der Waals surface area contributed by atoms with Crippen molar-refractivity contribution in [3.8, 4) is 22.8 Å². The second-order valence-corrected chi connectivity index (χ2v) is 4.56. The quantitative estimate of drug-likeness (QED) is 0.925. The second kappa shape index (κ2) is 4.56. The highest BCUT2D eigenvalue weighted by Crippen LogP contribution is 2.43. The van der Waals surface area contributed by atoms with Gasteiger partial charge in [0.25, 0.3) is 0 Å². The summed E-state index contributed by atoms with van der Waals surface area (Å²) in [5.74, 6) is 0.693. The molecule has 0 spiro atoms. The second-order valence-electron chi connectivity index (χ2n) is 4.56. The standard InChI is InChI=1S/C14H13NO5/c1-7-5-10-8(3-4-19-10)12(13(7)18-2)11-6-9(14(16)17)15-20-11/h5-6H,3-4H2,1-2H3,(H,16,17). The van der Waals surface area contributed by atoms with Crippen LogP contribution in [0.2, 0.25) is 0 Å². The van der Waals surface area contributed by atoms with Crippen LogP contribution in [0.1, 0.15) is 21.6 Å². The maximum atomic E-state index is 10.9. The van der Waals surface area contributed by atoms with E-state index < -0.39 is 5.97 Å². The molecule has 0 amide bonds. The molecule has 6 nitrogen and oxygen atoms in total. The monoisotopic (exact) mass is 275 g/mol. The number of methoxy groups -OCH3 is 1. The summed E-state index contributed by atoms with van der Waals surface area (Å²) in [6, 6.07) is 3.32. The summed E-state index contributed by atoms with van der Waals surface area (Å²) in [6.07, 6.45) is 0.727. The van der Waals surface area contributed by atoms with E-state index in [0.29, 0.717) is 18.1 Å². The zero-order valence-corrected chi connectivity index (χ0v) is 11.1. The molecule has 0 fully saturated rings. The number of nitrogens with zero attached hydrogens (tertiary/aromatic N) is 1. The molecule has 104 valence electrons. The summed E-state index contributed by atoms with van der Waals surface area (Å²) in [5.41, 5.74) is 2.45. The minimum absolute atomic E-state index is 0.128. The van der Waals surface area contributed by atoms with Crippen molar-refractivity contribution in [2.45, 2.75) is 13.3 Å². The van der Waals surface area contributed by atoms with Gasteiger partial charge < -0.3 is 19.1 Å². The number of ether oxygens (including phenoxy) is 2. The van der Waals surface area contributed by atoms with Crippen LogP contribution in [0.15, 0.2) is 16.7 Å². The predicted molar refractivity (Wildman–Crippen MR) is 69.4 cm³/mol. The Morgan fingerprint density at radius 3 is 2.90 bits per heavy atom. The molecular weight excluding hydrogens is 262 g/mol. The molecule has 0 saturated carbocycles. The zero-order chi connectivity index (χ0) is 14.3. The minimum Gasteiger partial charge on any atom is -0.496 e. The first-order valence-corrected chi connectivity index (χ1v) is 6.15. The van der Waals surface area contributed by atoms with Gasteiger partial charge in [0.15, 0.2) is 11.5 Å². The third-order valence-electron chi connectivity index (χ3n) is 3.32. The third kappa shape index (κ3) is 1.80. The lowest BCUT2D eigenvalue weighted by Crippen LogP contribution is -1.96. The highest BCUT2D eigenvalue weighted by molar-refractivity contribution is 5.87. The van der Waals surface area contributed by atoms with Crippen molar-refractivity contribution in [1.29, 1.82) is 0 Å². The van der Waals surface area contributed by atoms with Crippen molar-refractivity contribution < 1.29 is 23.9 Å². The number of hydrogen-bond donors (Lipinski definition) is 1. The van der Waals surface area contributed by atoms with Gasteiger partial charge in [0.05, 0.1) is 19.3 Å². The van der Waals surface area contributed by atoms with Gasteiger partial charge in [-0.3, -0.25) is 0 Å². The lowest BCUT2D eigenvalue weighted by molar-refractivity contribution is 0.0686. The smallest absolute Gasteiger partial charge is 0.358 e. The molecule has 0 saturated heterocycles. The Morgan fingerprint density at radius 1 is 1.45 bits per heavy atom. The van der Waals surface area contributed by atoms with Crippen LogP contribution in [0.3, 0.4) is 0 Å².